The second-order valence-electron chi connectivity index (χ2n) is 10.3. The third-order valence-electron chi connectivity index (χ3n) is 9.06. The zero-order valence-corrected chi connectivity index (χ0v) is 15.8. The van der Waals surface area contributed by atoms with E-state index in [1.165, 1.54) is 32.1 Å². The lowest BCUT2D eigenvalue weighted by Crippen LogP contribution is -2.54. The molecule has 0 aromatic heterocycles. The third kappa shape index (κ3) is 2.33. The Hall–Kier alpha value is -0.440. The van der Waals surface area contributed by atoms with Gasteiger partial charge in [-0.15, -0.1) is 0 Å². The standard InChI is InChI=1S/C22H33F2N/c1-20-11-3-12-22(23,24)18(20)8-6-15-16-7-9-19(25-14-4-5-14)21(16,2)13-10-17(15)20/h8,14-17,19,25H,3-7,9-13H2,1-2H3/t15-,16-,17+,19?,20+,21-/m0/s1. The molecule has 0 heterocycles. The number of hydrogen-bond donors (Lipinski definition) is 1. The van der Waals surface area contributed by atoms with E-state index in [2.05, 4.69) is 19.2 Å². The highest BCUT2D eigenvalue weighted by Gasteiger charge is 2.61. The van der Waals surface area contributed by atoms with E-state index in [4.69, 9.17) is 0 Å². The van der Waals surface area contributed by atoms with Crippen LogP contribution in [0, 0.1) is 28.6 Å². The Balaban J connectivity index is 1.45. The minimum Gasteiger partial charge on any atom is -0.311 e. The second-order valence-corrected chi connectivity index (χ2v) is 10.3. The molecule has 0 amide bonds. The Morgan fingerprint density at radius 3 is 2.52 bits per heavy atom. The van der Waals surface area contributed by atoms with Gasteiger partial charge in [-0.1, -0.05) is 19.9 Å². The lowest BCUT2D eigenvalue weighted by atomic mass is 9.47. The Kier molecular flexibility index (Phi) is 3.54. The minimum absolute atomic E-state index is 0.0698. The molecule has 0 aromatic rings. The quantitative estimate of drug-likeness (QED) is 0.630. The number of nitrogens with one attached hydrogen (secondary N) is 1. The maximum absolute atomic E-state index is 14.6. The van der Waals surface area contributed by atoms with Gasteiger partial charge >= 0.3 is 0 Å². The van der Waals surface area contributed by atoms with Gasteiger partial charge in [0, 0.05) is 24.1 Å². The Bertz CT molecular complexity index is 595. The van der Waals surface area contributed by atoms with Crippen molar-refractivity contribution in [3.05, 3.63) is 11.6 Å². The van der Waals surface area contributed by atoms with Crippen LogP contribution in [0.3, 0.4) is 0 Å². The number of fused-ring (bicyclic) bond motifs is 5. The fourth-order valence-corrected chi connectivity index (χ4v) is 7.60. The van der Waals surface area contributed by atoms with Crippen LogP contribution >= 0.6 is 0 Å². The van der Waals surface area contributed by atoms with E-state index in [0.29, 0.717) is 35.3 Å². The molecule has 5 rings (SSSR count). The molecule has 3 heteroatoms. The van der Waals surface area contributed by atoms with E-state index in [1.54, 1.807) is 0 Å². The zero-order chi connectivity index (χ0) is 17.4. The minimum atomic E-state index is -2.55. The van der Waals surface area contributed by atoms with E-state index in [1.807, 2.05) is 6.08 Å². The number of alkyl halides is 2. The van der Waals surface area contributed by atoms with Gasteiger partial charge in [0.05, 0.1) is 0 Å². The van der Waals surface area contributed by atoms with Crippen LogP contribution in [0.5, 0.6) is 0 Å². The molecule has 0 saturated heterocycles. The molecule has 0 aromatic carbocycles. The topological polar surface area (TPSA) is 12.0 Å². The van der Waals surface area contributed by atoms with E-state index in [-0.39, 0.29) is 11.8 Å². The summed E-state index contributed by atoms with van der Waals surface area (Å²) in [6.45, 7) is 4.69. The molecule has 0 aliphatic heterocycles. The average Bonchev–Trinajstić information content (AvgIpc) is 3.29. The molecule has 5 aliphatic rings. The van der Waals surface area contributed by atoms with Crippen LogP contribution in [-0.2, 0) is 0 Å². The molecule has 6 atom stereocenters. The molecule has 1 N–H and O–H groups in total. The maximum Gasteiger partial charge on any atom is 0.269 e. The van der Waals surface area contributed by atoms with Crippen LogP contribution in [0.2, 0.25) is 0 Å². The normalized spacial score (nSPS) is 51.3. The van der Waals surface area contributed by atoms with Crippen LogP contribution in [-0.4, -0.2) is 18.0 Å². The Labute approximate surface area is 151 Å². The lowest BCUT2D eigenvalue weighted by Gasteiger charge is -2.58. The molecule has 140 valence electrons. The summed E-state index contributed by atoms with van der Waals surface area (Å²) in [6, 6.07) is 1.43. The van der Waals surface area contributed by atoms with Crippen molar-refractivity contribution in [2.24, 2.45) is 28.6 Å². The molecule has 5 aliphatic carbocycles. The molecule has 4 saturated carbocycles. The van der Waals surface area contributed by atoms with Gasteiger partial charge < -0.3 is 5.32 Å². The summed E-state index contributed by atoms with van der Waals surface area (Å²) in [7, 11) is 0. The number of halogens is 2. The Morgan fingerprint density at radius 1 is 0.960 bits per heavy atom. The van der Waals surface area contributed by atoms with Gasteiger partial charge in [-0.25, -0.2) is 8.78 Å². The molecule has 0 bridgehead atoms. The summed E-state index contributed by atoms with van der Waals surface area (Å²) >= 11 is 0. The maximum atomic E-state index is 14.6. The third-order valence-corrected chi connectivity index (χ3v) is 9.06. The first kappa shape index (κ1) is 16.7. The SMILES string of the molecule is C[C@]12CCCC(F)(F)C1=CC[C@@H]1[C@H]2CC[C@]2(C)C(NC3CC3)CC[C@@H]12. The largest absolute Gasteiger partial charge is 0.311 e. The smallest absolute Gasteiger partial charge is 0.269 e. The highest BCUT2D eigenvalue weighted by molar-refractivity contribution is 5.30. The molecule has 4 fully saturated rings. The van der Waals surface area contributed by atoms with E-state index in [9.17, 15) is 8.78 Å². The van der Waals surface area contributed by atoms with E-state index >= 15 is 0 Å². The number of rotatable bonds is 2. The zero-order valence-electron chi connectivity index (χ0n) is 15.8. The van der Waals surface area contributed by atoms with Crippen LogP contribution in [0.15, 0.2) is 11.6 Å². The first-order valence-electron chi connectivity index (χ1n) is 10.7. The van der Waals surface area contributed by atoms with E-state index < -0.39 is 5.92 Å². The summed E-state index contributed by atoms with van der Waals surface area (Å²) < 4.78 is 29.2. The molecule has 25 heavy (non-hydrogen) atoms. The van der Waals surface area contributed by atoms with Crippen LogP contribution in [0.25, 0.3) is 0 Å². The highest BCUT2D eigenvalue weighted by Crippen LogP contribution is 2.66. The van der Waals surface area contributed by atoms with Crippen molar-refractivity contribution in [3.8, 4) is 0 Å². The first-order valence-corrected chi connectivity index (χ1v) is 10.7. The second kappa shape index (κ2) is 5.30. The number of hydrogen-bond acceptors (Lipinski definition) is 1. The molecule has 1 unspecified atom stereocenters. The summed E-state index contributed by atoms with van der Waals surface area (Å²) in [5.74, 6) is -0.707. The van der Waals surface area contributed by atoms with E-state index in [0.717, 1.165) is 31.2 Å². The van der Waals surface area contributed by atoms with Crippen molar-refractivity contribution in [2.45, 2.75) is 96.1 Å². The monoisotopic (exact) mass is 349 g/mol. The van der Waals surface area contributed by atoms with Crippen molar-refractivity contribution < 1.29 is 8.78 Å². The molecular formula is C22H33F2N. The summed E-state index contributed by atoms with van der Waals surface area (Å²) in [5, 5.41) is 3.93. The molecular weight excluding hydrogens is 316 g/mol. The van der Waals surface area contributed by atoms with Crippen molar-refractivity contribution in [1.29, 1.82) is 0 Å². The molecule has 0 radical (unpaired) electrons. The van der Waals surface area contributed by atoms with Gasteiger partial charge in [-0.05, 0) is 86.4 Å². The predicted molar refractivity (Wildman–Crippen MR) is 96.6 cm³/mol. The Morgan fingerprint density at radius 2 is 1.76 bits per heavy atom. The highest BCUT2D eigenvalue weighted by atomic mass is 19.3. The first-order chi connectivity index (χ1) is 11.8. The van der Waals surface area contributed by atoms with Gasteiger partial charge in [0.15, 0.2) is 0 Å². The molecule has 1 nitrogen and oxygen atoms in total. The van der Waals surface area contributed by atoms with Crippen molar-refractivity contribution in [3.63, 3.8) is 0 Å². The van der Waals surface area contributed by atoms with Crippen LogP contribution < -0.4 is 5.32 Å². The van der Waals surface area contributed by atoms with Crippen molar-refractivity contribution in [2.75, 3.05) is 0 Å². The van der Waals surface area contributed by atoms with Gasteiger partial charge in [-0.2, -0.15) is 0 Å². The lowest BCUT2D eigenvalue weighted by molar-refractivity contribution is -0.0812. The van der Waals surface area contributed by atoms with Gasteiger partial charge in [-0.3, -0.25) is 0 Å². The molecule has 0 spiro atoms. The average molecular weight is 350 g/mol. The van der Waals surface area contributed by atoms with Crippen LogP contribution in [0.1, 0.15) is 78.1 Å². The van der Waals surface area contributed by atoms with Crippen molar-refractivity contribution >= 4 is 0 Å². The van der Waals surface area contributed by atoms with Gasteiger partial charge in [0.2, 0.25) is 0 Å². The van der Waals surface area contributed by atoms with Crippen molar-refractivity contribution in [1.82, 2.24) is 5.32 Å². The summed E-state index contributed by atoms with van der Waals surface area (Å²) in [4.78, 5) is 0. The fourth-order valence-electron chi connectivity index (χ4n) is 7.60. The van der Waals surface area contributed by atoms with Gasteiger partial charge in [0.25, 0.3) is 5.92 Å². The summed E-state index contributed by atoms with van der Waals surface area (Å²) in [6.07, 6.45) is 12.3. The number of allylic oxidation sites excluding steroid dienone is 2. The van der Waals surface area contributed by atoms with Gasteiger partial charge in [0.1, 0.15) is 0 Å². The predicted octanol–water partition coefficient (Wildman–Crippen LogP) is 5.71. The summed E-state index contributed by atoms with van der Waals surface area (Å²) in [5.41, 5.74) is 0.665. The fraction of sp³-hybridized carbons (Fsp3) is 0.909. The van der Waals surface area contributed by atoms with Crippen LogP contribution in [0.4, 0.5) is 8.78 Å².